The molecule has 0 heterocycles. The molecule has 1 aromatic carbocycles. The van der Waals surface area contributed by atoms with Crippen molar-refractivity contribution in [3.63, 3.8) is 0 Å². The number of nitrogens with two attached hydrogens (primary N) is 1. The molecule has 0 saturated carbocycles. The van der Waals surface area contributed by atoms with Gasteiger partial charge in [-0.05, 0) is 31.4 Å². The molecule has 1 aromatic rings. The number of unbranched alkanes of at least 4 members (excludes halogenated alkanes) is 1. The van der Waals surface area contributed by atoms with E-state index in [1.807, 2.05) is 0 Å². The second kappa shape index (κ2) is 10.9. The highest BCUT2D eigenvalue weighted by molar-refractivity contribution is 7.88. The van der Waals surface area contributed by atoms with E-state index in [0.717, 1.165) is 0 Å². The van der Waals surface area contributed by atoms with Gasteiger partial charge >= 0.3 is 5.97 Å². The Morgan fingerprint density at radius 3 is 2.31 bits per heavy atom. The summed E-state index contributed by atoms with van der Waals surface area (Å²) in [5.74, 6) is -2.50. The van der Waals surface area contributed by atoms with Crippen LogP contribution in [0.4, 0.5) is 0 Å². The van der Waals surface area contributed by atoms with Gasteiger partial charge in [0.25, 0.3) is 0 Å². The molecule has 0 saturated heterocycles. The van der Waals surface area contributed by atoms with E-state index in [1.54, 1.807) is 30.3 Å². The quantitative estimate of drug-likeness (QED) is 0.293. The number of hydrogen-bond donors (Lipinski definition) is 5. The molecule has 0 fully saturated rings. The number of rotatable bonds is 12. The van der Waals surface area contributed by atoms with E-state index in [9.17, 15) is 23.1 Å². The number of aliphatic carboxylic acids is 1. The smallest absolute Gasteiger partial charge is 0.326 e. The number of hydrogen-bond acceptors (Lipinski definition) is 6. The van der Waals surface area contributed by atoms with E-state index in [-0.39, 0.29) is 12.2 Å². The molecule has 0 aliphatic rings. The number of amides is 1. The van der Waals surface area contributed by atoms with Gasteiger partial charge in [0.05, 0.1) is 12.4 Å². The zero-order chi connectivity index (χ0) is 19.6. The van der Waals surface area contributed by atoms with Gasteiger partial charge in [0.1, 0.15) is 12.1 Å². The lowest BCUT2D eigenvalue weighted by Crippen LogP contribution is -2.53. The van der Waals surface area contributed by atoms with Crippen molar-refractivity contribution in [2.75, 3.05) is 13.2 Å². The van der Waals surface area contributed by atoms with Gasteiger partial charge in [-0.25, -0.2) is 17.9 Å². The standard InChI is InChI=1S/C16H25N3O6S/c17-9-5-4-8-13(16(22)23)18-15(21)14(10-20)19-26(24,25)11-12-6-2-1-3-7-12/h1-3,6-7,13-14,19-20H,4-5,8-11,17H2,(H,18,21)(H,22,23)/t13-,14+/m0/s1. The van der Waals surface area contributed by atoms with Gasteiger partial charge in [-0.2, -0.15) is 0 Å². The van der Waals surface area contributed by atoms with Crippen molar-refractivity contribution in [2.45, 2.75) is 37.1 Å². The van der Waals surface area contributed by atoms with Crippen molar-refractivity contribution in [3.05, 3.63) is 35.9 Å². The second-order valence-corrected chi connectivity index (χ2v) is 7.54. The number of nitrogens with one attached hydrogen (secondary N) is 2. The third kappa shape index (κ3) is 7.91. The minimum Gasteiger partial charge on any atom is -0.480 e. The summed E-state index contributed by atoms with van der Waals surface area (Å²) >= 11 is 0. The minimum absolute atomic E-state index is 0.160. The molecule has 1 amide bonds. The maximum absolute atomic E-state index is 12.2. The molecular formula is C16H25N3O6S. The van der Waals surface area contributed by atoms with Crippen LogP contribution in [0.2, 0.25) is 0 Å². The van der Waals surface area contributed by atoms with Gasteiger partial charge in [-0.3, -0.25) is 4.79 Å². The van der Waals surface area contributed by atoms with Crippen LogP contribution in [-0.2, 0) is 25.4 Å². The van der Waals surface area contributed by atoms with Crippen LogP contribution in [-0.4, -0.2) is 55.7 Å². The predicted molar refractivity (Wildman–Crippen MR) is 95.5 cm³/mol. The van der Waals surface area contributed by atoms with Crippen LogP contribution >= 0.6 is 0 Å². The lowest BCUT2D eigenvalue weighted by molar-refractivity contribution is -0.142. The average molecular weight is 387 g/mol. The summed E-state index contributed by atoms with van der Waals surface area (Å²) in [7, 11) is -3.90. The van der Waals surface area contributed by atoms with Crippen molar-refractivity contribution in [3.8, 4) is 0 Å². The van der Waals surface area contributed by atoms with E-state index >= 15 is 0 Å². The number of aliphatic hydroxyl groups is 1. The van der Waals surface area contributed by atoms with Crippen molar-refractivity contribution in [1.29, 1.82) is 0 Å². The molecular weight excluding hydrogens is 362 g/mol. The van der Waals surface area contributed by atoms with E-state index in [0.29, 0.717) is 24.9 Å². The molecule has 10 heteroatoms. The molecule has 0 aliphatic heterocycles. The van der Waals surface area contributed by atoms with Crippen molar-refractivity contribution < 1.29 is 28.2 Å². The molecule has 0 unspecified atom stereocenters. The first-order valence-electron chi connectivity index (χ1n) is 8.17. The molecule has 9 nitrogen and oxygen atoms in total. The monoisotopic (exact) mass is 387 g/mol. The number of carboxylic acids is 1. The Labute approximate surface area is 152 Å². The number of carboxylic acid groups (broad SMARTS) is 1. The van der Waals surface area contributed by atoms with Crippen LogP contribution in [0.3, 0.4) is 0 Å². The Hall–Kier alpha value is -2.01. The summed E-state index contributed by atoms with van der Waals surface area (Å²) in [6.45, 7) is -0.395. The first kappa shape index (κ1) is 22.0. The summed E-state index contributed by atoms with van der Waals surface area (Å²) in [4.78, 5) is 23.4. The van der Waals surface area contributed by atoms with Crippen LogP contribution in [0, 0.1) is 0 Å². The highest BCUT2D eigenvalue weighted by Crippen LogP contribution is 2.06. The molecule has 1 rings (SSSR count). The summed E-state index contributed by atoms with van der Waals surface area (Å²) in [5, 5.41) is 20.7. The van der Waals surface area contributed by atoms with E-state index in [1.165, 1.54) is 0 Å². The average Bonchev–Trinajstić information content (AvgIpc) is 2.59. The molecule has 0 aliphatic carbocycles. The summed E-state index contributed by atoms with van der Waals surface area (Å²) in [6, 6.07) is 5.68. The highest BCUT2D eigenvalue weighted by atomic mass is 32.2. The van der Waals surface area contributed by atoms with Crippen LogP contribution in [0.15, 0.2) is 30.3 Å². The fourth-order valence-corrected chi connectivity index (χ4v) is 3.58. The van der Waals surface area contributed by atoms with Gasteiger partial charge in [0, 0.05) is 0 Å². The zero-order valence-corrected chi connectivity index (χ0v) is 15.1. The third-order valence-electron chi connectivity index (χ3n) is 3.58. The first-order valence-corrected chi connectivity index (χ1v) is 9.82. The molecule has 0 radical (unpaired) electrons. The Morgan fingerprint density at radius 1 is 1.12 bits per heavy atom. The zero-order valence-electron chi connectivity index (χ0n) is 14.3. The van der Waals surface area contributed by atoms with Crippen LogP contribution < -0.4 is 15.8 Å². The molecule has 0 bridgehead atoms. The Bertz CT molecular complexity index is 680. The number of carbonyl (C=O) groups excluding carboxylic acids is 1. The lowest BCUT2D eigenvalue weighted by Gasteiger charge is -2.20. The number of carbonyl (C=O) groups is 2. The summed E-state index contributed by atoms with van der Waals surface area (Å²) in [5.41, 5.74) is 5.87. The second-order valence-electron chi connectivity index (χ2n) is 5.78. The van der Waals surface area contributed by atoms with E-state index in [4.69, 9.17) is 10.8 Å². The van der Waals surface area contributed by atoms with Crippen LogP contribution in [0.25, 0.3) is 0 Å². The van der Waals surface area contributed by atoms with E-state index < -0.39 is 40.6 Å². The fourth-order valence-electron chi connectivity index (χ4n) is 2.25. The third-order valence-corrected chi connectivity index (χ3v) is 4.94. The highest BCUT2D eigenvalue weighted by Gasteiger charge is 2.28. The Kier molecular flexibility index (Phi) is 9.21. The SMILES string of the molecule is NCCCC[C@H](NC(=O)[C@@H](CO)NS(=O)(=O)Cc1ccccc1)C(=O)O. The van der Waals surface area contributed by atoms with Gasteiger partial charge in [-0.1, -0.05) is 30.3 Å². The molecule has 0 aromatic heterocycles. The Balaban J connectivity index is 2.70. The molecule has 0 spiro atoms. The molecule has 2 atom stereocenters. The summed E-state index contributed by atoms with van der Waals surface area (Å²) < 4.78 is 26.4. The van der Waals surface area contributed by atoms with Gasteiger partial charge in [0.2, 0.25) is 15.9 Å². The fraction of sp³-hybridized carbons (Fsp3) is 0.500. The largest absolute Gasteiger partial charge is 0.480 e. The van der Waals surface area contributed by atoms with Crippen LogP contribution in [0.1, 0.15) is 24.8 Å². The van der Waals surface area contributed by atoms with Gasteiger partial charge < -0.3 is 21.3 Å². The van der Waals surface area contributed by atoms with Crippen LogP contribution in [0.5, 0.6) is 0 Å². The number of sulfonamides is 1. The maximum atomic E-state index is 12.2. The Morgan fingerprint density at radius 2 is 1.77 bits per heavy atom. The first-order chi connectivity index (χ1) is 12.3. The predicted octanol–water partition coefficient (Wildman–Crippen LogP) is -0.835. The van der Waals surface area contributed by atoms with E-state index in [2.05, 4.69) is 10.0 Å². The lowest BCUT2D eigenvalue weighted by atomic mass is 10.1. The number of aliphatic hydroxyl groups excluding tert-OH is 1. The maximum Gasteiger partial charge on any atom is 0.326 e. The van der Waals surface area contributed by atoms with Gasteiger partial charge in [0.15, 0.2) is 0 Å². The van der Waals surface area contributed by atoms with Gasteiger partial charge in [-0.15, -0.1) is 0 Å². The van der Waals surface area contributed by atoms with Crippen molar-refractivity contribution in [2.24, 2.45) is 5.73 Å². The topological polar surface area (TPSA) is 159 Å². The number of benzene rings is 1. The molecule has 26 heavy (non-hydrogen) atoms. The van der Waals surface area contributed by atoms with Crippen molar-refractivity contribution >= 4 is 21.9 Å². The minimum atomic E-state index is -3.90. The molecule has 146 valence electrons. The normalized spacial score (nSPS) is 13.8. The van der Waals surface area contributed by atoms with Crippen molar-refractivity contribution in [1.82, 2.24) is 10.0 Å². The molecule has 6 N–H and O–H groups in total. The summed E-state index contributed by atoms with van der Waals surface area (Å²) in [6.07, 6.45) is 1.26.